The van der Waals surface area contributed by atoms with Crippen molar-refractivity contribution in [1.82, 2.24) is 14.5 Å². The first-order chi connectivity index (χ1) is 8.34. The van der Waals surface area contributed by atoms with Crippen molar-refractivity contribution in [3.05, 3.63) is 34.9 Å². The van der Waals surface area contributed by atoms with E-state index < -0.39 is 0 Å². The van der Waals surface area contributed by atoms with Crippen LogP contribution >= 0.6 is 0 Å². The molecule has 1 saturated heterocycles. The van der Waals surface area contributed by atoms with Crippen molar-refractivity contribution >= 4 is 11.2 Å². The maximum atomic E-state index is 11.8. The number of ether oxygens (including phenoxy) is 2. The van der Waals surface area contributed by atoms with Crippen LogP contribution in [0.5, 0.6) is 0 Å². The van der Waals surface area contributed by atoms with Crippen LogP contribution in [0.2, 0.25) is 0 Å². The molecule has 0 N–H and O–H groups in total. The van der Waals surface area contributed by atoms with Gasteiger partial charge >= 0.3 is 0 Å². The average molecular weight is 233 g/mol. The summed E-state index contributed by atoms with van der Waals surface area (Å²) in [7, 11) is 0. The Morgan fingerprint density at radius 2 is 2.18 bits per heavy atom. The molecule has 0 spiro atoms. The van der Waals surface area contributed by atoms with E-state index >= 15 is 0 Å². The van der Waals surface area contributed by atoms with Crippen LogP contribution in [0.15, 0.2) is 29.3 Å². The van der Waals surface area contributed by atoms with Gasteiger partial charge in [0.15, 0.2) is 11.9 Å². The number of hydrogen-bond acceptors (Lipinski definition) is 5. The Labute approximate surface area is 96.8 Å². The first-order valence-electron chi connectivity index (χ1n) is 5.38. The summed E-state index contributed by atoms with van der Waals surface area (Å²) >= 11 is 0. The van der Waals surface area contributed by atoms with E-state index in [1.54, 1.807) is 12.3 Å². The van der Waals surface area contributed by atoms with Crippen LogP contribution < -0.4 is 5.56 Å². The predicted octanol–water partition coefficient (Wildman–Crippen LogP) is 0.164. The third-order valence-corrected chi connectivity index (χ3v) is 2.62. The highest BCUT2D eigenvalue weighted by Gasteiger charge is 2.18. The lowest BCUT2D eigenvalue weighted by Gasteiger charge is -2.12. The topological polar surface area (TPSA) is 66.2 Å². The van der Waals surface area contributed by atoms with E-state index in [4.69, 9.17) is 9.47 Å². The van der Waals surface area contributed by atoms with E-state index in [-0.39, 0.29) is 11.8 Å². The number of hydrogen-bond donors (Lipinski definition) is 0. The minimum absolute atomic E-state index is 0.199. The number of aromatic nitrogens is 3. The minimum Gasteiger partial charge on any atom is -0.348 e. The normalized spacial score (nSPS) is 16.7. The van der Waals surface area contributed by atoms with Crippen LogP contribution in [0.4, 0.5) is 0 Å². The molecule has 0 aromatic carbocycles. The SMILES string of the molecule is O=c1cnc2cccnc2n1CC1OCCO1. The zero-order valence-corrected chi connectivity index (χ0v) is 9.07. The smallest absolute Gasteiger partial charge is 0.270 e. The van der Waals surface area contributed by atoms with Gasteiger partial charge in [-0.1, -0.05) is 0 Å². The fraction of sp³-hybridized carbons (Fsp3) is 0.364. The fourth-order valence-corrected chi connectivity index (χ4v) is 1.83. The summed E-state index contributed by atoms with van der Waals surface area (Å²) in [5, 5.41) is 0. The van der Waals surface area contributed by atoms with Crippen molar-refractivity contribution in [3.8, 4) is 0 Å². The molecule has 2 aromatic rings. The van der Waals surface area contributed by atoms with Gasteiger partial charge in [0, 0.05) is 6.20 Å². The molecule has 0 aliphatic carbocycles. The van der Waals surface area contributed by atoms with Crippen LogP contribution in [-0.2, 0) is 16.0 Å². The molecule has 88 valence electrons. The highest BCUT2D eigenvalue weighted by molar-refractivity contribution is 5.69. The lowest BCUT2D eigenvalue weighted by atomic mass is 10.4. The number of pyridine rings is 1. The predicted molar refractivity (Wildman–Crippen MR) is 59.5 cm³/mol. The quantitative estimate of drug-likeness (QED) is 0.739. The molecule has 2 aromatic heterocycles. The summed E-state index contributed by atoms with van der Waals surface area (Å²) in [6.07, 6.45) is 2.55. The van der Waals surface area contributed by atoms with Gasteiger partial charge in [0.2, 0.25) is 0 Å². The van der Waals surface area contributed by atoms with E-state index in [0.29, 0.717) is 30.9 Å². The molecule has 0 radical (unpaired) electrons. The fourth-order valence-electron chi connectivity index (χ4n) is 1.83. The Morgan fingerprint density at radius 1 is 1.35 bits per heavy atom. The summed E-state index contributed by atoms with van der Waals surface area (Å²) in [5.41, 5.74) is 1.04. The van der Waals surface area contributed by atoms with Crippen LogP contribution in [0.3, 0.4) is 0 Å². The number of rotatable bonds is 2. The van der Waals surface area contributed by atoms with E-state index in [0.717, 1.165) is 0 Å². The third-order valence-electron chi connectivity index (χ3n) is 2.62. The molecule has 17 heavy (non-hydrogen) atoms. The maximum absolute atomic E-state index is 11.8. The molecule has 6 nitrogen and oxygen atoms in total. The first-order valence-corrected chi connectivity index (χ1v) is 5.38. The second kappa shape index (κ2) is 4.23. The summed E-state index contributed by atoms with van der Waals surface area (Å²) in [4.78, 5) is 20.0. The van der Waals surface area contributed by atoms with Crippen LogP contribution in [-0.4, -0.2) is 34.0 Å². The summed E-state index contributed by atoms with van der Waals surface area (Å²) in [5.74, 6) is 0. The van der Waals surface area contributed by atoms with Gasteiger partial charge in [-0.15, -0.1) is 0 Å². The van der Waals surface area contributed by atoms with Crippen LogP contribution in [0, 0.1) is 0 Å². The molecule has 0 bridgehead atoms. The third kappa shape index (κ3) is 1.92. The van der Waals surface area contributed by atoms with Gasteiger partial charge < -0.3 is 9.47 Å². The molecule has 0 unspecified atom stereocenters. The van der Waals surface area contributed by atoms with Crippen molar-refractivity contribution < 1.29 is 9.47 Å². The van der Waals surface area contributed by atoms with Gasteiger partial charge in [0.05, 0.1) is 26.0 Å². The van der Waals surface area contributed by atoms with E-state index in [1.165, 1.54) is 10.8 Å². The molecule has 0 amide bonds. The van der Waals surface area contributed by atoms with Crippen molar-refractivity contribution in [2.75, 3.05) is 13.2 Å². The van der Waals surface area contributed by atoms with E-state index in [9.17, 15) is 4.79 Å². The molecular weight excluding hydrogens is 222 g/mol. The van der Waals surface area contributed by atoms with Crippen LogP contribution in [0.1, 0.15) is 0 Å². The average Bonchev–Trinajstić information content (AvgIpc) is 2.86. The van der Waals surface area contributed by atoms with Gasteiger partial charge in [0.1, 0.15) is 5.52 Å². The lowest BCUT2D eigenvalue weighted by molar-refractivity contribution is -0.0523. The molecule has 1 aliphatic rings. The molecule has 1 aliphatic heterocycles. The lowest BCUT2D eigenvalue weighted by Crippen LogP contribution is -2.28. The Hall–Kier alpha value is -1.79. The highest BCUT2D eigenvalue weighted by Crippen LogP contribution is 2.09. The largest absolute Gasteiger partial charge is 0.348 e. The van der Waals surface area contributed by atoms with Crippen molar-refractivity contribution in [2.24, 2.45) is 0 Å². The molecule has 3 rings (SSSR count). The molecule has 3 heterocycles. The zero-order chi connectivity index (χ0) is 11.7. The standard InChI is InChI=1S/C11H11N3O3/c15-9-6-13-8-2-1-3-12-11(8)14(9)7-10-16-4-5-17-10/h1-3,6,10H,4-5,7H2. The first kappa shape index (κ1) is 10.4. The molecular formula is C11H11N3O3. The minimum atomic E-state index is -0.375. The Balaban J connectivity index is 2.06. The second-order valence-corrected chi connectivity index (χ2v) is 3.72. The van der Waals surface area contributed by atoms with Gasteiger partial charge in [-0.2, -0.15) is 0 Å². The summed E-state index contributed by atoms with van der Waals surface area (Å²) < 4.78 is 12.2. The Bertz CT molecular complexity index is 590. The van der Waals surface area contributed by atoms with Gasteiger partial charge in [-0.05, 0) is 12.1 Å². The highest BCUT2D eigenvalue weighted by atomic mass is 16.7. The number of fused-ring (bicyclic) bond motifs is 1. The van der Waals surface area contributed by atoms with Crippen molar-refractivity contribution in [3.63, 3.8) is 0 Å². The summed E-state index contributed by atoms with van der Waals surface area (Å²) in [6, 6.07) is 3.60. The summed E-state index contributed by atoms with van der Waals surface area (Å²) in [6.45, 7) is 1.47. The molecule has 0 atom stereocenters. The van der Waals surface area contributed by atoms with Crippen LogP contribution in [0.25, 0.3) is 11.2 Å². The maximum Gasteiger partial charge on any atom is 0.270 e. The van der Waals surface area contributed by atoms with Crippen molar-refractivity contribution in [2.45, 2.75) is 12.8 Å². The van der Waals surface area contributed by atoms with E-state index in [2.05, 4.69) is 9.97 Å². The second-order valence-electron chi connectivity index (χ2n) is 3.72. The van der Waals surface area contributed by atoms with Crippen molar-refractivity contribution in [1.29, 1.82) is 0 Å². The van der Waals surface area contributed by atoms with E-state index in [1.807, 2.05) is 6.07 Å². The Morgan fingerprint density at radius 3 is 3.00 bits per heavy atom. The zero-order valence-electron chi connectivity index (χ0n) is 9.07. The van der Waals surface area contributed by atoms with Gasteiger partial charge in [0.25, 0.3) is 5.56 Å². The van der Waals surface area contributed by atoms with Gasteiger partial charge in [-0.3, -0.25) is 9.36 Å². The monoisotopic (exact) mass is 233 g/mol. The molecule has 1 fully saturated rings. The Kier molecular flexibility index (Phi) is 2.58. The van der Waals surface area contributed by atoms with Gasteiger partial charge in [-0.25, -0.2) is 9.97 Å². The number of nitrogens with zero attached hydrogens (tertiary/aromatic N) is 3. The molecule has 0 saturated carbocycles. The molecule has 6 heteroatoms.